The van der Waals surface area contributed by atoms with Gasteiger partial charge in [0.1, 0.15) is 0 Å². The van der Waals surface area contributed by atoms with E-state index >= 15 is 0 Å². The Bertz CT molecular complexity index is 308. The third-order valence-corrected chi connectivity index (χ3v) is 3.76. The zero-order valence-corrected chi connectivity index (χ0v) is 15.2. The highest BCUT2D eigenvalue weighted by Crippen LogP contribution is 2.18. The molecule has 22 heavy (non-hydrogen) atoms. The van der Waals surface area contributed by atoms with Gasteiger partial charge < -0.3 is 14.2 Å². The molecule has 0 radical (unpaired) electrons. The van der Waals surface area contributed by atoms with E-state index in [1.54, 1.807) is 0 Å². The molecule has 0 rings (SSSR count). The van der Waals surface area contributed by atoms with Gasteiger partial charge in [0.25, 0.3) is 0 Å². The summed E-state index contributed by atoms with van der Waals surface area (Å²) >= 11 is 0. The molecule has 0 amide bonds. The molecule has 0 aliphatic heterocycles. The number of hydrogen-bond donors (Lipinski definition) is 1. The molecule has 2 atom stereocenters. The number of hydrogen-bond acceptors (Lipinski definition) is 5. The summed E-state index contributed by atoms with van der Waals surface area (Å²) < 4.78 is 34.1. The maximum Gasteiger partial charge on any atom is 0.0456 e. The van der Waals surface area contributed by atoms with Crippen molar-refractivity contribution < 1.29 is 22.6 Å². The van der Waals surface area contributed by atoms with E-state index in [1.165, 1.54) is 64.2 Å². The first-order valence-electron chi connectivity index (χ1n) is 8.48. The van der Waals surface area contributed by atoms with E-state index < -0.39 is 10.4 Å². The summed E-state index contributed by atoms with van der Waals surface area (Å²) in [7, 11) is -5.17. The monoisotopic (exact) mass is 338 g/mol. The molecule has 6 heteroatoms. The van der Waals surface area contributed by atoms with Crippen LogP contribution in [0.25, 0.3) is 0 Å². The van der Waals surface area contributed by atoms with Gasteiger partial charge in [-0.25, -0.2) is 0 Å². The van der Waals surface area contributed by atoms with Crippen LogP contribution >= 0.6 is 0 Å². The molecular weight excluding hydrogens is 304 g/mol. The van der Waals surface area contributed by atoms with Crippen molar-refractivity contribution in [3.8, 4) is 0 Å². The fraction of sp³-hybridized carbons (Fsp3) is 1.00. The lowest BCUT2D eigenvalue weighted by Crippen LogP contribution is -2.04. The zero-order chi connectivity index (χ0) is 17.4. The molecule has 0 aromatic heterocycles. The molecule has 0 aromatic carbocycles. The minimum atomic E-state index is -5.17. The van der Waals surface area contributed by atoms with Crippen LogP contribution in [0.1, 0.15) is 85.0 Å². The van der Waals surface area contributed by atoms with Crippen molar-refractivity contribution in [1.82, 2.24) is 0 Å². The van der Waals surface area contributed by atoms with Crippen molar-refractivity contribution in [2.45, 2.75) is 85.0 Å². The van der Waals surface area contributed by atoms with Gasteiger partial charge >= 0.3 is 0 Å². The fourth-order valence-electron chi connectivity index (χ4n) is 2.25. The van der Waals surface area contributed by atoms with Crippen LogP contribution in [0, 0.1) is 11.8 Å². The minimum Gasteiger partial charge on any atom is -0.759 e. The van der Waals surface area contributed by atoms with E-state index in [1.807, 2.05) is 0 Å². The summed E-state index contributed by atoms with van der Waals surface area (Å²) in [6, 6.07) is 0. The van der Waals surface area contributed by atoms with Crippen molar-refractivity contribution >= 4 is 10.4 Å². The normalized spacial score (nSPS) is 14.1. The zero-order valence-electron chi connectivity index (χ0n) is 14.4. The van der Waals surface area contributed by atoms with Gasteiger partial charge in [-0.15, -0.1) is 0 Å². The molecule has 0 fully saturated rings. The van der Waals surface area contributed by atoms with E-state index in [4.69, 9.17) is 22.6 Å². The van der Waals surface area contributed by atoms with Gasteiger partial charge in [-0.1, -0.05) is 78.6 Å². The minimum absolute atomic E-state index is 0.351. The molecule has 2 unspecified atom stereocenters. The van der Waals surface area contributed by atoms with E-state index in [0.717, 1.165) is 5.92 Å². The Kier molecular flexibility index (Phi) is 17.2. The van der Waals surface area contributed by atoms with Crippen LogP contribution in [0.3, 0.4) is 0 Å². The van der Waals surface area contributed by atoms with Gasteiger partial charge in [0.15, 0.2) is 0 Å². The maximum absolute atomic E-state index is 8.96. The van der Waals surface area contributed by atoms with Gasteiger partial charge in [0.2, 0.25) is 0 Å². The Morgan fingerprint density at radius 2 is 1.23 bits per heavy atom. The maximum atomic E-state index is 8.96. The third-order valence-electron chi connectivity index (χ3n) is 3.76. The Balaban J connectivity index is 0. The highest BCUT2D eigenvalue weighted by atomic mass is 32.3. The van der Waals surface area contributed by atoms with Crippen LogP contribution in [-0.2, 0) is 10.4 Å². The Hall–Kier alpha value is -0.170. The van der Waals surface area contributed by atoms with Crippen molar-refractivity contribution in [1.29, 1.82) is 0 Å². The fourth-order valence-corrected chi connectivity index (χ4v) is 2.25. The van der Waals surface area contributed by atoms with Crippen LogP contribution in [-0.4, -0.2) is 29.2 Å². The van der Waals surface area contributed by atoms with Crippen molar-refractivity contribution in [3.05, 3.63) is 0 Å². The SMILES string of the molecule is CCCCCCCCCC(C)CCC(C)CO.O=S(=O)([O-])[O-]. The molecule has 0 heterocycles. The lowest BCUT2D eigenvalue weighted by Gasteiger charge is -2.13. The lowest BCUT2D eigenvalue weighted by molar-refractivity contribution is 0.221. The van der Waals surface area contributed by atoms with Gasteiger partial charge in [0, 0.05) is 17.0 Å². The first-order chi connectivity index (χ1) is 10.2. The van der Waals surface area contributed by atoms with Gasteiger partial charge in [0.05, 0.1) is 0 Å². The first kappa shape index (κ1) is 24.1. The summed E-state index contributed by atoms with van der Waals surface area (Å²) in [5, 5.41) is 8.96. The van der Waals surface area contributed by atoms with Crippen molar-refractivity contribution in [2.24, 2.45) is 11.8 Å². The average molecular weight is 339 g/mol. The Morgan fingerprint density at radius 3 is 1.68 bits per heavy atom. The van der Waals surface area contributed by atoms with Gasteiger partial charge in [-0.05, 0) is 18.3 Å². The molecular formula is C16H34O5S-2. The van der Waals surface area contributed by atoms with Crippen LogP contribution < -0.4 is 0 Å². The van der Waals surface area contributed by atoms with E-state index in [-0.39, 0.29) is 0 Å². The van der Waals surface area contributed by atoms with Gasteiger partial charge in [-0.3, -0.25) is 8.42 Å². The molecule has 0 saturated heterocycles. The molecule has 5 nitrogen and oxygen atoms in total. The second-order valence-electron chi connectivity index (χ2n) is 6.29. The van der Waals surface area contributed by atoms with Crippen molar-refractivity contribution in [3.63, 3.8) is 0 Å². The summed E-state index contributed by atoms with van der Waals surface area (Å²) in [6.07, 6.45) is 13.7. The lowest BCUT2D eigenvalue weighted by atomic mass is 9.94. The molecule has 0 bridgehead atoms. The van der Waals surface area contributed by atoms with Crippen molar-refractivity contribution in [2.75, 3.05) is 6.61 Å². The quantitative estimate of drug-likeness (QED) is 0.331. The van der Waals surface area contributed by atoms with E-state index in [2.05, 4.69) is 20.8 Å². The molecule has 0 saturated carbocycles. The molecule has 1 N–H and O–H groups in total. The van der Waals surface area contributed by atoms with Gasteiger partial charge in [-0.2, -0.15) is 0 Å². The molecule has 0 spiro atoms. The summed E-state index contributed by atoms with van der Waals surface area (Å²) in [4.78, 5) is 0. The molecule has 0 aliphatic rings. The predicted molar refractivity (Wildman–Crippen MR) is 87.7 cm³/mol. The summed E-state index contributed by atoms with van der Waals surface area (Å²) in [6.45, 7) is 7.13. The second kappa shape index (κ2) is 15.7. The smallest absolute Gasteiger partial charge is 0.0456 e. The standard InChI is InChI=1S/C16H34O.H2O4S/c1-4-5-6-7-8-9-10-11-15(2)12-13-16(3)14-17;1-5(2,3)4/h15-17H,4-14H2,1-3H3;(H2,1,2,3,4)/p-2. The van der Waals surface area contributed by atoms with Crippen LogP contribution in [0.2, 0.25) is 0 Å². The first-order valence-corrected chi connectivity index (χ1v) is 9.81. The second-order valence-corrected chi connectivity index (χ2v) is 7.11. The molecule has 0 aromatic rings. The Labute approximate surface area is 137 Å². The number of aliphatic hydroxyl groups is 1. The summed E-state index contributed by atoms with van der Waals surface area (Å²) in [5.74, 6) is 1.34. The highest BCUT2D eigenvalue weighted by molar-refractivity contribution is 7.79. The largest absolute Gasteiger partial charge is 0.759 e. The van der Waals surface area contributed by atoms with E-state index in [9.17, 15) is 0 Å². The van der Waals surface area contributed by atoms with Crippen LogP contribution in [0.15, 0.2) is 0 Å². The van der Waals surface area contributed by atoms with Crippen LogP contribution in [0.4, 0.5) is 0 Å². The van der Waals surface area contributed by atoms with Crippen LogP contribution in [0.5, 0.6) is 0 Å². The predicted octanol–water partition coefficient (Wildman–Crippen LogP) is 3.83. The third kappa shape index (κ3) is 28.1. The number of aliphatic hydroxyl groups excluding tert-OH is 1. The number of unbranched alkanes of at least 4 members (excludes halogenated alkanes) is 6. The Morgan fingerprint density at radius 1 is 0.818 bits per heavy atom. The number of rotatable bonds is 12. The average Bonchev–Trinajstić information content (AvgIpc) is 2.42. The molecule has 0 aliphatic carbocycles. The van der Waals surface area contributed by atoms with E-state index in [0.29, 0.717) is 12.5 Å². The molecule has 136 valence electrons. The summed E-state index contributed by atoms with van der Waals surface area (Å²) in [5.41, 5.74) is 0. The highest BCUT2D eigenvalue weighted by Gasteiger charge is 2.05. The topological polar surface area (TPSA) is 100 Å².